The van der Waals surface area contributed by atoms with Gasteiger partial charge in [-0.3, -0.25) is 9.59 Å². The van der Waals surface area contributed by atoms with E-state index >= 15 is 0 Å². The minimum Gasteiger partial charge on any atom is -0.384 e. The first-order chi connectivity index (χ1) is 9.52. The number of pyridine rings is 1. The summed E-state index contributed by atoms with van der Waals surface area (Å²) in [6, 6.07) is 2.88. The topological polar surface area (TPSA) is 88.3 Å². The second-order valence-corrected chi connectivity index (χ2v) is 4.99. The van der Waals surface area contributed by atoms with E-state index in [1.165, 1.54) is 0 Å². The van der Waals surface area contributed by atoms with E-state index in [4.69, 9.17) is 5.73 Å². The Hall–Kier alpha value is -2.11. The van der Waals surface area contributed by atoms with Gasteiger partial charge in [0.2, 0.25) is 5.91 Å². The number of aryl methyl sites for hydroxylation is 1. The maximum atomic E-state index is 12.5. The molecule has 3 N–H and O–H groups in total. The largest absolute Gasteiger partial charge is 0.384 e. The average molecular weight is 276 g/mol. The van der Waals surface area contributed by atoms with E-state index in [0.717, 1.165) is 18.5 Å². The minimum atomic E-state index is -0.458. The summed E-state index contributed by atoms with van der Waals surface area (Å²) in [6.45, 7) is 4.77. The van der Waals surface area contributed by atoms with Crippen molar-refractivity contribution in [1.29, 1.82) is 0 Å². The number of piperazine rings is 1. The minimum absolute atomic E-state index is 0.125. The van der Waals surface area contributed by atoms with Crippen molar-refractivity contribution in [3.05, 3.63) is 23.4 Å². The number of nitrogens with two attached hydrogens (primary N) is 1. The van der Waals surface area contributed by atoms with Crippen LogP contribution in [0.1, 0.15) is 36.3 Å². The molecule has 0 saturated carbocycles. The highest BCUT2D eigenvalue weighted by atomic mass is 16.2. The van der Waals surface area contributed by atoms with Crippen molar-refractivity contribution in [2.75, 3.05) is 18.8 Å². The molecule has 1 saturated heterocycles. The number of nitrogen functional groups attached to an aromatic ring is 1. The van der Waals surface area contributed by atoms with Crippen molar-refractivity contribution in [2.24, 2.45) is 0 Å². The van der Waals surface area contributed by atoms with Gasteiger partial charge in [0.05, 0.1) is 0 Å². The fraction of sp³-hybridized carbons (Fsp3) is 0.500. The Balaban J connectivity index is 2.26. The zero-order valence-corrected chi connectivity index (χ0v) is 11.8. The van der Waals surface area contributed by atoms with Gasteiger partial charge in [0.25, 0.3) is 5.91 Å². The normalized spacial score (nSPS) is 18.8. The fourth-order valence-corrected chi connectivity index (χ4v) is 2.34. The highest BCUT2D eigenvalue weighted by Crippen LogP contribution is 2.15. The van der Waals surface area contributed by atoms with E-state index in [0.29, 0.717) is 24.5 Å². The van der Waals surface area contributed by atoms with E-state index < -0.39 is 6.04 Å². The predicted molar refractivity (Wildman–Crippen MR) is 76.2 cm³/mol. The van der Waals surface area contributed by atoms with Crippen LogP contribution in [0.25, 0.3) is 0 Å². The van der Waals surface area contributed by atoms with Crippen molar-refractivity contribution in [1.82, 2.24) is 15.2 Å². The van der Waals surface area contributed by atoms with Crippen molar-refractivity contribution in [2.45, 2.75) is 32.7 Å². The van der Waals surface area contributed by atoms with Crippen molar-refractivity contribution < 1.29 is 9.59 Å². The van der Waals surface area contributed by atoms with Gasteiger partial charge in [-0.15, -0.1) is 0 Å². The van der Waals surface area contributed by atoms with Crippen molar-refractivity contribution >= 4 is 17.6 Å². The zero-order valence-electron chi connectivity index (χ0n) is 11.8. The SMILES string of the molecule is CCCc1cc(C(=O)N2CCNC(=O)C2C)cc(N)n1. The molecule has 0 spiro atoms. The molecule has 0 bridgehead atoms. The van der Waals surface area contributed by atoms with Gasteiger partial charge in [0.15, 0.2) is 0 Å². The highest BCUT2D eigenvalue weighted by molar-refractivity contribution is 5.98. The predicted octanol–water partition coefficient (Wildman–Crippen LogP) is 0.577. The molecule has 6 heteroatoms. The van der Waals surface area contributed by atoms with Crippen LogP contribution in [-0.2, 0) is 11.2 Å². The summed E-state index contributed by atoms with van der Waals surface area (Å²) in [5, 5.41) is 2.74. The summed E-state index contributed by atoms with van der Waals surface area (Å²) >= 11 is 0. The van der Waals surface area contributed by atoms with Gasteiger partial charge in [0.1, 0.15) is 11.9 Å². The molecule has 0 aromatic carbocycles. The molecule has 0 radical (unpaired) electrons. The number of carbonyl (C=O) groups is 2. The third kappa shape index (κ3) is 2.89. The Morgan fingerprint density at radius 1 is 1.55 bits per heavy atom. The number of nitrogens with zero attached hydrogens (tertiary/aromatic N) is 2. The molecule has 1 atom stereocenters. The van der Waals surface area contributed by atoms with Crippen LogP contribution in [0.2, 0.25) is 0 Å². The monoisotopic (exact) mass is 276 g/mol. The van der Waals surface area contributed by atoms with Gasteiger partial charge in [0, 0.05) is 24.3 Å². The van der Waals surface area contributed by atoms with Crippen LogP contribution in [0, 0.1) is 0 Å². The van der Waals surface area contributed by atoms with Gasteiger partial charge in [-0.25, -0.2) is 4.98 Å². The summed E-state index contributed by atoms with van der Waals surface area (Å²) in [5.41, 5.74) is 7.07. The van der Waals surface area contributed by atoms with Crippen molar-refractivity contribution in [3.8, 4) is 0 Å². The molecule has 108 valence electrons. The molecule has 2 rings (SSSR count). The summed E-state index contributed by atoms with van der Waals surface area (Å²) < 4.78 is 0. The Morgan fingerprint density at radius 3 is 3.00 bits per heavy atom. The number of hydrogen-bond acceptors (Lipinski definition) is 4. The molecular weight excluding hydrogens is 256 g/mol. The summed E-state index contributed by atoms with van der Waals surface area (Å²) in [7, 11) is 0. The molecule has 1 aromatic heterocycles. The third-order valence-electron chi connectivity index (χ3n) is 3.41. The summed E-state index contributed by atoms with van der Waals surface area (Å²) in [5.74, 6) is 0.0487. The van der Waals surface area contributed by atoms with E-state index in [-0.39, 0.29) is 11.8 Å². The number of aromatic nitrogens is 1. The second kappa shape index (κ2) is 5.90. The molecule has 1 fully saturated rings. The van der Waals surface area contributed by atoms with Crippen LogP contribution in [0.3, 0.4) is 0 Å². The van der Waals surface area contributed by atoms with Gasteiger partial charge >= 0.3 is 0 Å². The van der Waals surface area contributed by atoms with E-state index in [9.17, 15) is 9.59 Å². The first-order valence-electron chi connectivity index (χ1n) is 6.88. The molecule has 0 aliphatic carbocycles. The van der Waals surface area contributed by atoms with Crippen LogP contribution in [0.15, 0.2) is 12.1 Å². The molecule has 6 nitrogen and oxygen atoms in total. The van der Waals surface area contributed by atoms with E-state index in [1.54, 1.807) is 24.0 Å². The lowest BCUT2D eigenvalue weighted by atomic mass is 10.1. The first kappa shape index (κ1) is 14.3. The Labute approximate surface area is 118 Å². The van der Waals surface area contributed by atoms with Gasteiger partial charge in [-0.2, -0.15) is 0 Å². The fourth-order valence-electron chi connectivity index (χ4n) is 2.34. The molecule has 1 aliphatic rings. The van der Waals surface area contributed by atoms with E-state index in [2.05, 4.69) is 10.3 Å². The van der Waals surface area contributed by atoms with Crippen LogP contribution < -0.4 is 11.1 Å². The molecule has 1 unspecified atom stereocenters. The molecule has 1 aromatic rings. The van der Waals surface area contributed by atoms with Crippen molar-refractivity contribution in [3.63, 3.8) is 0 Å². The lowest BCUT2D eigenvalue weighted by Crippen LogP contribution is -2.55. The number of rotatable bonds is 3. The standard InChI is InChI=1S/C14H20N4O2/c1-3-4-11-7-10(8-12(15)17-11)14(20)18-6-5-16-13(19)9(18)2/h7-9H,3-6H2,1-2H3,(H2,15,17)(H,16,19). The number of hydrogen-bond donors (Lipinski definition) is 2. The number of carbonyl (C=O) groups excluding carboxylic acids is 2. The molecule has 2 heterocycles. The Morgan fingerprint density at radius 2 is 2.30 bits per heavy atom. The lowest BCUT2D eigenvalue weighted by Gasteiger charge is -2.32. The lowest BCUT2D eigenvalue weighted by molar-refractivity contribution is -0.127. The van der Waals surface area contributed by atoms with E-state index in [1.807, 2.05) is 6.92 Å². The third-order valence-corrected chi connectivity index (χ3v) is 3.41. The summed E-state index contributed by atoms with van der Waals surface area (Å²) in [6.07, 6.45) is 1.72. The molecule has 20 heavy (non-hydrogen) atoms. The number of nitrogens with one attached hydrogen (secondary N) is 1. The van der Waals surface area contributed by atoms with Crippen LogP contribution >= 0.6 is 0 Å². The van der Waals surface area contributed by atoms with Gasteiger partial charge in [-0.1, -0.05) is 13.3 Å². The smallest absolute Gasteiger partial charge is 0.254 e. The quantitative estimate of drug-likeness (QED) is 0.845. The summed E-state index contributed by atoms with van der Waals surface area (Å²) in [4.78, 5) is 29.9. The Bertz CT molecular complexity index is 530. The maximum absolute atomic E-state index is 12.5. The van der Waals surface area contributed by atoms with Crippen LogP contribution in [-0.4, -0.2) is 40.8 Å². The zero-order chi connectivity index (χ0) is 14.7. The second-order valence-electron chi connectivity index (χ2n) is 4.99. The number of amides is 2. The average Bonchev–Trinajstić information content (AvgIpc) is 2.41. The molecular formula is C14H20N4O2. The molecule has 1 aliphatic heterocycles. The number of anilines is 1. The van der Waals surface area contributed by atoms with Crippen LogP contribution in [0.4, 0.5) is 5.82 Å². The first-order valence-corrected chi connectivity index (χ1v) is 6.88. The highest BCUT2D eigenvalue weighted by Gasteiger charge is 2.30. The Kier molecular flexibility index (Phi) is 4.22. The van der Waals surface area contributed by atoms with Crippen LogP contribution in [0.5, 0.6) is 0 Å². The van der Waals surface area contributed by atoms with Gasteiger partial charge < -0.3 is 16.0 Å². The van der Waals surface area contributed by atoms with Gasteiger partial charge in [-0.05, 0) is 25.5 Å². The molecule has 2 amide bonds. The maximum Gasteiger partial charge on any atom is 0.254 e.